The highest BCUT2D eigenvalue weighted by Crippen LogP contribution is 2.16. The van der Waals surface area contributed by atoms with Crippen molar-refractivity contribution in [2.24, 2.45) is 5.73 Å². The van der Waals surface area contributed by atoms with E-state index in [2.05, 4.69) is 15.4 Å². The second kappa shape index (κ2) is 5.26. The Bertz CT molecular complexity index is 538. The average molecular weight is 247 g/mol. The van der Waals surface area contributed by atoms with Crippen LogP contribution in [0.1, 0.15) is 11.1 Å². The first-order valence-electron chi connectivity index (χ1n) is 5.42. The van der Waals surface area contributed by atoms with Gasteiger partial charge >= 0.3 is 6.09 Å². The predicted molar refractivity (Wildman–Crippen MR) is 63.1 cm³/mol. The molecule has 0 spiro atoms. The molecule has 0 aliphatic carbocycles. The van der Waals surface area contributed by atoms with E-state index in [0.29, 0.717) is 6.42 Å². The zero-order valence-electron chi connectivity index (χ0n) is 9.91. The van der Waals surface area contributed by atoms with Gasteiger partial charge in [-0.05, 0) is 29.3 Å². The van der Waals surface area contributed by atoms with Crippen molar-refractivity contribution in [3.63, 3.8) is 0 Å². The van der Waals surface area contributed by atoms with Gasteiger partial charge in [0, 0.05) is 6.42 Å². The molecule has 1 heterocycles. The number of hydrogen-bond donors (Lipinski definition) is 1. The van der Waals surface area contributed by atoms with Gasteiger partial charge in [-0.15, -0.1) is 15.0 Å². The summed E-state index contributed by atoms with van der Waals surface area (Å²) in [5.41, 5.74) is 7.82. The Kier molecular flexibility index (Phi) is 3.52. The second-order valence-corrected chi connectivity index (χ2v) is 3.70. The lowest BCUT2D eigenvalue weighted by Gasteiger charge is -2.09. The van der Waals surface area contributed by atoms with Crippen LogP contribution in [0.2, 0.25) is 0 Å². The maximum Gasteiger partial charge on any atom is 0.404 e. The van der Waals surface area contributed by atoms with Crippen molar-refractivity contribution in [3.05, 3.63) is 35.7 Å². The van der Waals surface area contributed by atoms with E-state index in [-0.39, 0.29) is 6.61 Å². The number of hydrogen-bond acceptors (Lipinski definition) is 5. The number of nitrogens with zero attached hydrogens (tertiary/aromatic N) is 4. The minimum absolute atomic E-state index is 0.254. The number of carbonyl (C=O) groups is 1. The summed E-state index contributed by atoms with van der Waals surface area (Å²) in [6.07, 6.45) is 1.21. The highest BCUT2D eigenvalue weighted by atomic mass is 16.5. The highest BCUT2D eigenvalue weighted by Gasteiger charge is 2.07. The zero-order valence-corrected chi connectivity index (χ0v) is 9.91. The lowest BCUT2D eigenvalue weighted by molar-refractivity contribution is 0.158. The largest absolute Gasteiger partial charge is 0.449 e. The summed E-state index contributed by atoms with van der Waals surface area (Å²) in [4.78, 5) is 11.9. The van der Waals surface area contributed by atoms with Gasteiger partial charge in [-0.1, -0.05) is 12.1 Å². The van der Waals surface area contributed by atoms with E-state index in [0.717, 1.165) is 16.8 Å². The van der Waals surface area contributed by atoms with Crippen LogP contribution < -0.4 is 5.73 Å². The third kappa shape index (κ3) is 2.62. The Labute approximate surface area is 104 Å². The third-order valence-corrected chi connectivity index (χ3v) is 2.60. The van der Waals surface area contributed by atoms with E-state index in [1.54, 1.807) is 0 Å². The zero-order chi connectivity index (χ0) is 13.0. The molecule has 0 aliphatic rings. The van der Waals surface area contributed by atoms with Gasteiger partial charge in [0.2, 0.25) is 0 Å². The molecule has 1 amide bonds. The molecule has 1 aromatic heterocycles. The minimum atomic E-state index is -0.762. The first-order valence-corrected chi connectivity index (χ1v) is 5.42. The molecule has 0 atom stereocenters. The van der Waals surface area contributed by atoms with E-state index in [1.165, 1.54) is 11.1 Å². The van der Waals surface area contributed by atoms with Crippen LogP contribution in [-0.4, -0.2) is 32.9 Å². The average Bonchev–Trinajstić information content (AvgIpc) is 2.84. The molecule has 94 valence electrons. The number of primary amides is 1. The standard InChI is InChI=1S/C11H13N5O2/c1-8-9(5-6-18-11(12)17)3-2-4-10(8)16-14-7-13-15-16/h2-4,7H,5-6H2,1H3,(H2,12,17). The number of benzene rings is 1. The number of carbonyl (C=O) groups excluding carboxylic acids is 1. The van der Waals surface area contributed by atoms with Crippen molar-refractivity contribution in [1.29, 1.82) is 0 Å². The SMILES string of the molecule is Cc1c(CCOC(N)=O)cccc1-n1ncnn1. The number of rotatable bonds is 4. The molecular formula is C11H13N5O2. The Morgan fingerprint density at radius 3 is 3.00 bits per heavy atom. The summed E-state index contributed by atoms with van der Waals surface area (Å²) in [5, 5.41) is 11.5. The monoisotopic (exact) mass is 247 g/mol. The lowest BCUT2D eigenvalue weighted by atomic mass is 10.0. The lowest BCUT2D eigenvalue weighted by Crippen LogP contribution is -2.15. The van der Waals surface area contributed by atoms with Gasteiger partial charge in [0.15, 0.2) is 6.33 Å². The first kappa shape index (κ1) is 12.0. The van der Waals surface area contributed by atoms with Crippen molar-refractivity contribution in [2.45, 2.75) is 13.3 Å². The van der Waals surface area contributed by atoms with E-state index in [9.17, 15) is 4.79 Å². The molecule has 2 aromatic rings. The van der Waals surface area contributed by atoms with Crippen molar-refractivity contribution in [1.82, 2.24) is 20.2 Å². The van der Waals surface area contributed by atoms with Crippen molar-refractivity contribution >= 4 is 6.09 Å². The van der Waals surface area contributed by atoms with Gasteiger partial charge in [-0.25, -0.2) is 4.79 Å². The summed E-state index contributed by atoms with van der Waals surface area (Å²) < 4.78 is 4.72. The molecule has 0 unspecified atom stereocenters. The number of aromatic nitrogens is 4. The summed E-state index contributed by atoms with van der Waals surface area (Å²) >= 11 is 0. The predicted octanol–water partition coefficient (Wildman–Crippen LogP) is 0.609. The number of tetrazole rings is 1. The second-order valence-electron chi connectivity index (χ2n) is 3.70. The summed E-state index contributed by atoms with van der Waals surface area (Å²) in [7, 11) is 0. The molecule has 0 saturated heterocycles. The molecule has 0 bridgehead atoms. The fourth-order valence-corrected chi connectivity index (χ4v) is 1.70. The van der Waals surface area contributed by atoms with E-state index in [1.807, 2.05) is 25.1 Å². The maximum absolute atomic E-state index is 10.5. The molecule has 7 heteroatoms. The molecule has 0 aliphatic heterocycles. The summed E-state index contributed by atoms with van der Waals surface area (Å²) in [6.45, 7) is 2.21. The Balaban J connectivity index is 2.17. The van der Waals surface area contributed by atoms with Crippen LogP contribution in [-0.2, 0) is 11.2 Å². The molecule has 0 saturated carbocycles. The van der Waals surface area contributed by atoms with Crippen LogP contribution in [0.3, 0.4) is 0 Å². The molecule has 2 N–H and O–H groups in total. The number of nitrogens with two attached hydrogens (primary N) is 1. The van der Waals surface area contributed by atoms with Gasteiger partial charge in [-0.2, -0.15) is 0 Å². The van der Waals surface area contributed by atoms with Crippen molar-refractivity contribution < 1.29 is 9.53 Å². The van der Waals surface area contributed by atoms with E-state index >= 15 is 0 Å². The Hall–Kier alpha value is -2.44. The molecule has 18 heavy (non-hydrogen) atoms. The maximum atomic E-state index is 10.5. The van der Waals surface area contributed by atoms with Crippen LogP contribution in [0, 0.1) is 6.92 Å². The van der Waals surface area contributed by atoms with Crippen LogP contribution in [0.25, 0.3) is 5.69 Å². The fraction of sp³-hybridized carbons (Fsp3) is 0.273. The molecule has 0 fully saturated rings. The van der Waals surface area contributed by atoms with Gasteiger partial charge in [0.1, 0.15) is 0 Å². The van der Waals surface area contributed by atoms with Crippen molar-refractivity contribution in [3.8, 4) is 5.69 Å². The number of amides is 1. The molecular weight excluding hydrogens is 234 g/mol. The van der Waals surface area contributed by atoms with E-state index < -0.39 is 6.09 Å². The van der Waals surface area contributed by atoms with Gasteiger partial charge in [0.05, 0.1) is 12.3 Å². The van der Waals surface area contributed by atoms with Crippen LogP contribution >= 0.6 is 0 Å². The quantitative estimate of drug-likeness (QED) is 0.853. The molecule has 0 radical (unpaired) electrons. The Morgan fingerprint density at radius 1 is 1.50 bits per heavy atom. The summed E-state index contributed by atoms with van der Waals surface area (Å²) in [5.74, 6) is 0. The van der Waals surface area contributed by atoms with Gasteiger partial charge in [-0.3, -0.25) is 0 Å². The molecule has 7 nitrogen and oxygen atoms in total. The summed E-state index contributed by atoms with van der Waals surface area (Å²) in [6, 6.07) is 5.75. The van der Waals surface area contributed by atoms with Gasteiger partial charge < -0.3 is 10.5 Å². The van der Waals surface area contributed by atoms with Crippen LogP contribution in [0.5, 0.6) is 0 Å². The van der Waals surface area contributed by atoms with Crippen molar-refractivity contribution in [2.75, 3.05) is 6.61 Å². The molecule has 2 rings (SSSR count). The molecule has 1 aromatic carbocycles. The Morgan fingerprint density at radius 2 is 2.33 bits per heavy atom. The normalized spacial score (nSPS) is 10.3. The van der Waals surface area contributed by atoms with Crippen LogP contribution in [0.4, 0.5) is 4.79 Å². The van der Waals surface area contributed by atoms with E-state index in [4.69, 9.17) is 10.5 Å². The minimum Gasteiger partial charge on any atom is -0.449 e. The highest BCUT2D eigenvalue weighted by molar-refractivity contribution is 5.64. The van der Waals surface area contributed by atoms with Gasteiger partial charge in [0.25, 0.3) is 0 Å². The fourth-order valence-electron chi connectivity index (χ4n) is 1.70. The van der Waals surface area contributed by atoms with Crippen LogP contribution in [0.15, 0.2) is 24.5 Å². The topological polar surface area (TPSA) is 95.9 Å². The smallest absolute Gasteiger partial charge is 0.404 e. The first-order chi connectivity index (χ1) is 8.68. The number of ether oxygens (including phenoxy) is 1. The third-order valence-electron chi connectivity index (χ3n) is 2.60.